The highest BCUT2D eigenvalue weighted by atomic mass is 16.4. The number of aliphatic carboxylic acids is 1. The zero-order chi connectivity index (χ0) is 20.3. The van der Waals surface area contributed by atoms with Gasteiger partial charge in [0.25, 0.3) is 0 Å². The monoisotopic (exact) mass is 373 g/mol. The SMILES string of the molecule is CC[C@H](C)[C@H](NC(=O)[C@H](CCC(N)=O)NC(=O)CNC(=O)CN)C(=O)O. The number of hydrogen-bond acceptors (Lipinski definition) is 6. The van der Waals surface area contributed by atoms with E-state index in [1.165, 1.54) is 0 Å². The molecule has 0 heterocycles. The van der Waals surface area contributed by atoms with Crippen molar-refractivity contribution < 1.29 is 29.1 Å². The molecule has 0 aromatic rings. The highest BCUT2D eigenvalue weighted by Crippen LogP contribution is 2.09. The van der Waals surface area contributed by atoms with Crippen molar-refractivity contribution in [3.8, 4) is 0 Å². The van der Waals surface area contributed by atoms with Crippen LogP contribution in [0.25, 0.3) is 0 Å². The maximum absolute atomic E-state index is 12.4. The second kappa shape index (κ2) is 11.8. The summed E-state index contributed by atoms with van der Waals surface area (Å²) in [6.07, 6.45) is 0.222. The molecule has 11 nitrogen and oxygen atoms in total. The van der Waals surface area contributed by atoms with Crippen molar-refractivity contribution in [1.82, 2.24) is 16.0 Å². The Morgan fingerprint density at radius 1 is 1.08 bits per heavy atom. The van der Waals surface area contributed by atoms with Crippen LogP contribution in [0.3, 0.4) is 0 Å². The molecule has 0 aliphatic carbocycles. The Bertz CT molecular complexity index is 539. The molecule has 0 unspecified atom stereocenters. The number of rotatable bonds is 12. The first-order valence-electron chi connectivity index (χ1n) is 8.19. The van der Waals surface area contributed by atoms with Crippen molar-refractivity contribution in [3.05, 3.63) is 0 Å². The quantitative estimate of drug-likeness (QED) is 0.216. The number of nitrogens with two attached hydrogens (primary N) is 2. The average Bonchev–Trinajstić information content (AvgIpc) is 2.59. The van der Waals surface area contributed by atoms with Crippen LogP contribution < -0.4 is 27.4 Å². The number of carbonyl (C=O) groups is 5. The van der Waals surface area contributed by atoms with Crippen molar-refractivity contribution in [2.45, 2.75) is 45.2 Å². The summed E-state index contributed by atoms with van der Waals surface area (Å²) in [7, 11) is 0. The van der Waals surface area contributed by atoms with Gasteiger partial charge in [0.2, 0.25) is 23.6 Å². The van der Waals surface area contributed by atoms with Gasteiger partial charge < -0.3 is 32.5 Å². The van der Waals surface area contributed by atoms with Crippen LogP contribution in [-0.4, -0.2) is 59.9 Å². The van der Waals surface area contributed by atoms with Crippen LogP contribution in [0.2, 0.25) is 0 Å². The largest absolute Gasteiger partial charge is 0.480 e. The number of primary amides is 1. The molecule has 0 saturated carbocycles. The lowest BCUT2D eigenvalue weighted by atomic mass is 9.98. The van der Waals surface area contributed by atoms with Gasteiger partial charge in [-0.3, -0.25) is 19.2 Å². The Labute approximate surface area is 151 Å². The van der Waals surface area contributed by atoms with Crippen LogP contribution >= 0.6 is 0 Å². The van der Waals surface area contributed by atoms with E-state index in [9.17, 15) is 29.1 Å². The molecular formula is C15H27N5O6. The lowest BCUT2D eigenvalue weighted by molar-refractivity contribution is -0.144. The van der Waals surface area contributed by atoms with Crippen molar-refractivity contribution >= 4 is 29.6 Å². The van der Waals surface area contributed by atoms with Crippen molar-refractivity contribution in [1.29, 1.82) is 0 Å². The summed E-state index contributed by atoms with van der Waals surface area (Å²) in [5.41, 5.74) is 10.2. The van der Waals surface area contributed by atoms with Crippen LogP contribution in [0.1, 0.15) is 33.1 Å². The Balaban J connectivity index is 5.00. The number of carbonyl (C=O) groups excluding carboxylic acids is 4. The van der Waals surface area contributed by atoms with Gasteiger partial charge in [-0.2, -0.15) is 0 Å². The molecule has 3 atom stereocenters. The minimum absolute atomic E-state index is 0.107. The maximum Gasteiger partial charge on any atom is 0.326 e. The van der Waals surface area contributed by atoms with E-state index in [2.05, 4.69) is 16.0 Å². The van der Waals surface area contributed by atoms with Gasteiger partial charge in [-0.15, -0.1) is 0 Å². The van der Waals surface area contributed by atoms with Gasteiger partial charge in [-0.05, 0) is 12.3 Å². The topological polar surface area (TPSA) is 194 Å². The predicted molar refractivity (Wildman–Crippen MR) is 91.4 cm³/mol. The molecule has 0 saturated heterocycles. The van der Waals surface area contributed by atoms with Gasteiger partial charge in [0.15, 0.2) is 0 Å². The van der Waals surface area contributed by atoms with Crippen molar-refractivity contribution in [3.63, 3.8) is 0 Å². The standard InChI is InChI=1S/C15H27N5O6/c1-3-8(2)13(15(25)26)20-14(24)9(4-5-10(17)21)19-12(23)7-18-11(22)6-16/h8-9,13H,3-7,16H2,1-2H3,(H2,17,21)(H,18,22)(H,19,23)(H,20,24)(H,25,26)/t8-,9-,13-/m0/s1. The summed E-state index contributed by atoms with van der Waals surface area (Å²) in [6.45, 7) is 2.73. The molecule has 0 bridgehead atoms. The van der Waals surface area contributed by atoms with Crippen LogP contribution in [0.4, 0.5) is 0 Å². The number of amides is 4. The van der Waals surface area contributed by atoms with Crippen LogP contribution in [0.15, 0.2) is 0 Å². The van der Waals surface area contributed by atoms with Crippen LogP contribution in [0.5, 0.6) is 0 Å². The number of carboxylic acid groups (broad SMARTS) is 1. The minimum atomic E-state index is -1.21. The van der Waals surface area contributed by atoms with E-state index in [4.69, 9.17) is 11.5 Å². The fourth-order valence-corrected chi connectivity index (χ4v) is 1.99. The van der Waals surface area contributed by atoms with E-state index in [0.29, 0.717) is 6.42 Å². The normalized spacial score (nSPS) is 13.8. The Morgan fingerprint density at radius 3 is 2.15 bits per heavy atom. The molecule has 0 aromatic heterocycles. The van der Waals surface area contributed by atoms with Gasteiger partial charge in [-0.1, -0.05) is 20.3 Å². The highest BCUT2D eigenvalue weighted by molar-refractivity contribution is 5.92. The molecule has 148 valence electrons. The maximum atomic E-state index is 12.4. The summed E-state index contributed by atoms with van der Waals surface area (Å²) < 4.78 is 0. The van der Waals surface area contributed by atoms with Gasteiger partial charge >= 0.3 is 5.97 Å². The van der Waals surface area contributed by atoms with Gasteiger partial charge in [-0.25, -0.2) is 4.79 Å². The Kier molecular flexibility index (Phi) is 10.6. The minimum Gasteiger partial charge on any atom is -0.480 e. The molecule has 11 heteroatoms. The molecular weight excluding hydrogens is 346 g/mol. The van der Waals surface area contributed by atoms with E-state index in [0.717, 1.165) is 0 Å². The van der Waals surface area contributed by atoms with Crippen molar-refractivity contribution in [2.75, 3.05) is 13.1 Å². The average molecular weight is 373 g/mol. The van der Waals surface area contributed by atoms with Crippen LogP contribution in [0, 0.1) is 5.92 Å². The van der Waals surface area contributed by atoms with Crippen molar-refractivity contribution in [2.24, 2.45) is 17.4 Å². The molecule has 0 aliphatic heterocycles. The summed E-state index contributed by atoms with van der Waals surface area (Å²) in [4.78, 5) is 57.6. The Morgan fingerprint density at radius 2 is 1.69 bits per heavy atom. The van der Waals surface area contributed by atoms with E-state index in [-0.39, 0.29) is 25.3 Å². The van der Waals surface area contributed by atoms with Gasteiger partial charge in [0.1, 0.15) is 12.1 Å². The van der Waals surface area contributed by atoms with Gasteiger partial charge in [0, 0.05) is 6.42 Å². The third kappa shape index (κ3) is 8.97. The summed E-state index contributed by atoms with van der Waals surface area (Å²) in [5, 5.41) is 16.2. The summed E-state index contributed by atoms with van der Waals surface area (Å²) in [5.74, 6) is -4.22. The molecule has 8 N–H and O–H groups in total. The number of carboxylic acids is 1. The molecule has 0 aromatic carbocycles. The fraction of sp³-hybridized carbons (Fsp3) is 0.667. The fourth-order valence-electron chi connectivity index (χ4n) is 1.99. The second-order valence-corrected chi connectivity index (χ2v) is 5.82. The van der Waals surface area contributed by atoms with E-state index in [1.54, 1.807) is 13.8 Å². The molecule has 0 radical (unpaired) electrons. The Hall–Kier alpha value is -2.69. The third-order valence-electron chi connectivity index (χ3n) is 3.74. The molecule has 0 fully saturated rings. The van der Waals surface area contributed by atoms with Gasteiger partial charge in [0.05, 0.1) is 13.1 Å². The predicted octanol–water partition coefficient (Wildman–Crippen LogP) is -2.57. The number of nitrogens with one attached hydrogen (secondary N) is 3. The zero-order valence-corrected chi connectivity index (χ0v) is 14.9. The lowest BCUT2D eigenvalue weighted by Crippen LogP contribution is -2.54. The second-order valence-electron chi connectivity index (χ2n) is 5.82. The summed E-state index contributed by atoms with van der Waals surface area (Å²) in [6, 6.07) is -2.31. The molecule has 26 heavy (non-hydrogen) atoms. The first-order valence-corrected chi connectivity index (χ1v) is 8.19. The lowest BCUT2D eigenvalue weighted by Gasteiger charge is -2.24. The smallest absolute Gasteiger partial charge is 0.326 e. The van der Waals surface area contributed by atoms with E-state index >= 15 is 0 Å². The zero-order valence-electron chi connectivity index (χ0n) is 14.9. The molecule has 0 spiro atoms. The first kappa shape index (κ1) is 23.3. The molecule has 0 aliphatic rings. The first-order chi connectivity index (χ1) is 12.1. The number of hydrogen-bond donors (Lipinski definition) is 6. The third-order valence-corrected chi connectivity index (χ3v) is 3.74. The van der Waals surface area contributed by atoms with E-state index < -0.39 is 48.2 Å². The molecule has 4 amide bonds. The highest BCUT2D eigenvalue weighted by Gasteiger charge is 2.29. The van der Waals surface area contributed by atoms with E-state index in [1.807, 2.05) is 0 Å². The molecule has 0 rings (SSSR count). The summed E-state index contributed by atoms with van der Waals surface area (Å²) >= 11 is 0. The van der Waals surface area contributed by atoms with Crippen LogP contribution in [-0.2, 0) is 24.0 Å².